The molecule has 1 aromatic carbocycles. The fourth-order valence-electron chi connectivity index (χ4n) is 2.79. The normalized spacial score (nSPS) is 19.5. The molecule has 2 heterocycles. The highest BCUT2D eigenvalue weighted by Gasteiger charge is 2.36. The van der Waals surface area contributed by atoms with Crippen molar-refractivity contribution in [3.8, 4) is 0 Å². The molecule has 0 aliphatic carbocycles. The van der Waals surface area contributed by atoms with E-state index in [1.54, 1.807) is 28.7 Å². The lowest BCUT2D eigenvalue weighted by atomic mass is 10.1. The van der Waals surface area contributed by atoms with Crippen molar-refractivity contribution in [1.82, 2.24) is 9.29 Å². The van der Waals surface area contributed by atoms with Crippen molar-refractivity contribution in [2.45, 2.75) is 30.7 Å². The second-order valence-corrected chi connectivity index (χ2v) is 7.78. The Kier molecular flexibility index (Phi) is 4.21. The molecule has 0 spiro atoms. The molecule has 1 atom stereocenters. The third kappa shape index (κ3) is 2.89. The Morgan fingerprint density at radius 1 is 1.18 bits per heavy atom. The standard InChI is InChI=1S/C16H17ClN2O2S/c1-12-4-7-14(8-5-12)22(20,21)19-10-2-3-15(19)13-6-9-16(17)18-11-13/h4-9,11,15H,2-3,10H2,1H3/t15-/m1/s1. The molecule has 1 aliphatic heterocycles. The van der Waals surface area contributed by atoms with Crippen LogP contribution in [0.5, 0.6) is 0 Å². The third-order valence-electron chi connectivity index (χ3n) is 3.97. The lowest BCUT2D eigenvalue weighted by molar-refractivity contribution is 0.396. The number of benzene rings is 1. The van der Waals surface area contributed by atoms with Crippen LogP contribution in [-0.2, 0) is 10.0 Å². The van der Waals surface area contributed by atoms with Crippen LogP contribution in [0.4, 0.5) is 0 Å². The van der Waals surface area contributed by atoms with Crippen molar-refractivity contribution in [3.05, 3.63) is 58.9 Å². The van der Waals surface area contributed by atoms with Gasteiger partial charge in [0.25, 0.3) is 0 Å². The van der Waals surface area contributed by atoms with Gasteiger partial charge in [0.05, 0.1) is 10.9 Å². The van der Waals surface area contributed by atoms with Gasteiger partial charge < -0.3 is 0 Å². The fraction of sp³-hybridized carbons (Fsp3) is 0.312. The van der Waals surface area contributed by atoms with E-state index in [1.807, 2.05) is 25.1 Å². The van der Waals surface area contributed by atoms with Crippen LogP contribution in [0.3, 0.4) is 0 Å². The van der Waals surface area contributed by atoms with Gasteiger partial charge in [0.1, 0.15) is 5.15 Å². The molecule has 1 fully saturated rings. The summed E-state index contributed by atoms with van der Waals surface area (Å²) in [5.74, 6) is 0. The summed E-state index contributed by atoms with van der Waals surface area (Å²) in [7, 11) is -3.49. The van der Waals surface area contributed by atoms with Gasteiger partial charge >= 0.3 is 0 Å². The Morgan fingerprint density at radius 3 is 2.55 bits per heavy atom. The molecule has 2 aromatic rings. The summed E-state index contributed by atoms with van der Waals surface area (Å²) in [6.07, 6.45) is 3.31. The third-order valence-corrected chi connectivity index (χ3v) is 6.11. The second kappa shape index (κ2) is 5.99. The van der Waals surface area contributed by atoms with Crippen LogP contribution < -0.4 is 0 Å². The van der Waals surface area contributed by atoms with Crippen LogP contribution in [0.2, 0.25) is 5.15 Å². The first-order chi connectivity index (χ1) is 10.5. The highest BCUT2D eigenvalue weighted by molar-refractivity contribution is 7.89. The Bertz CT molecular complexity index is 758. The molecular weight excluding hydrogens is 320 g/mol. The largest absolute Gasteiger partial charge is 0.244 e. The van der Waals surface area contributed by atoms with Crippen molar-refractivity contribution in [2.24, 2.45) is 0 Å². The predicted octanol–water partition coefficient (Wildman–Crippen LogP) is 3.57. The quantitative estimate of drug-likeness (QED) is 0.805. The molecule has 4 nitrogen and oxygen atoms in total. The zero-order valence-corrected chi connectivity index (χ0v) is 13.8. The van der Waals surface area contributed by atoms with Crippen molar-refractivity contribution >= 4 is 21.6 Å². The van der Waals surface area contributed by atoms with Crippen molar-refractivity contribution in [2.75, 3.05) is 6.54 Å². The van der Waals surface area contributed by atoms with Gasteiger partial charge in [0.2, 0.25) is 10.0 Å². The fourth-order valence-corrected chi connectivity index (χ4v) is 4.59. The lowest BCUT2D eigenvalue weighted by Crippen LogP contribution is -2.30. The average molecular weight is 337 g/mol. The summed E-state index contributed by atoms with van der Waals surface area (Å²) in [5.41, 5.74) is 1.93. The summed E-state index contributed by atoms with van der Waals surface area (Å²) in [5, 5.41) is 0.412. The van der Waals surface area contributed by atoms with Gasteiger partial charge in [0.15, 0.2) is 0 Å². The number of pyridine rings is 1. The number of aryl methyl sites for hydroxylation is 1. The van der Waals surface area contributed by atoms with Crippen LogP contribution in [0, 0.1) is 6.92 Å². The minimum atomic E-state index is -3.49. The summed E-state index contributed by atoms with van der Waals surface area (Å²) < 4.78 is 27.3. The molecule has 0 unspecified atom stereocenters. The minimum absolute atomic E-state index is 0.170. The van der Waals surface area contributed by atoms with Gasteiger partial charge in [-0.25, -0.2) is 13.4 Å². The van der Waals surface area contributed by atoms with Gasteiger partial charge in [0, 0.05) is 12.7 Å². The SMILES string of the molecule is Cc1ccc(S(=O)(=O)N2CCC[C@@H]2c2ccc(Cl)nc2)cc1. The van der Waals surface area contributed by atoms with Crippen molar-refractivity contribution in [3.63, 3.8) is 0 Å². The molecule has 0 radical (unpaired) electrons. The van der Waals surface area contributed by atoms with Crippen molar-refractivity contribution in [1.29, 1.82) is 0 Å². The number of nitrogens with zero attached hydrogens (tertiary/aromatic N) is 2. The molecule has 0 saturated carbocycles. The number of rotatable bonds is 3. The molecule has 1 aromatic heterocycles. The van der Waals surface area contributed by atoms with E-state index in [4.69, 9.17) is 11.6 Å². The maximum absolute atomic E-state index is 12.9. The summed E-state index contributed by atoms with van der Waals surface area (Å²) >= 11 is 5.81. The summed E-state index contributed by atoms with van der Waals surface area (Å²) in [4.78, 5) is 4.41. The topological polar surface area (TPSA) is 50.3 Å². The molecule has 1 saturated heterocycles. The zero-order chi connectivity index (χ0) is 15.7. The lowest BCUT2D eigenvalue weighted by Gasteiger charge is -2.24. The molecule has 3 rings (SSSR count). The predicted molar refractivity (Wildman–Crippen MR) is 86.3 cm³/mol. The van der Waals surface area contributed by atoms with E-state index >= 15 is 0 Å². The van der Waals surface area contributed by atoms with Gasteiger partial charge in [-0.05, 0) is 43.5 Å². The van der Waals surface area contributed by atoms with E-state index in [0.29, 0.717) is 16.6 Å². The molecule has 0 N–H and O–H groups in total. The Morgan fingerprint density at radius 2 is 1.91 bits per heavy atom. The van der Waals surface area contributed by atoms with E-state index in [9.17, 15) is 8.42 Å². The number of hydrogen-bond acceptors (Lipinski definition) is 3. The minimum Gasteiger partial charge on any atom is -0.244 e. The number of hydrogen-bond donors (Lipinski definition) is 0. The first kappa shape index (κ1) is 15.5. The first-order valence-corrected chi connectivity index (χ1v) is 9.00. The Balaban J connectivity index is 1.95. The molecule has 116 valence electrons. The summed E-state index contributed by atoms with van der Waals surface area (Å²) in [6, 6.07) is 10.4. The molecule has 1 aliphatic rings. The highest BCUT2D eigenvalue weighted by atomic mass is 35.5. The molecule has 22 heavy (non-hydrogen) atoms. The maximum atomic E-state index is 12.9. The smallest absolute Gasteiger partial charge is 0.243 e. The van der Waals surface area contributed by atoms with Crippen LogP contribution in [0.15, 0.2) is 47.5 Å². The van der Waals surface area contributed by atoms with Gasteiger partial charge in [-0.15, -0.1) is 0 Å². The maximum Gasteiger partial charge on any atom is 0.243 e. The van der Waals surface area contributed by atoms with E-state index < -0.39 is 10.0 Å². The second-order valence-electron chi connectivity index (χ2n) is 5.50. The van der Waals surface area contributed by atoms with E-state index in [1.165, 1.54) is 0 Å². The molecule has 6 heteroatoms. The highest BCUT2D eigenvalue weighted by Crippen LogP contribution is 2.36. The molecule has 0 amide bonds. The van der Waals surface area contributed by atoms with E-state index in [-0.39, 0.29) is 6.04 Å². The van der Waals surface area contributed by atoms with Crippen LogP contribution >= 0.6 is 11.6 Å². The van der Waals surface area contributed by atoms with Gasteiger partial charge in [-0.3, -0.25) is 0 Å². The van der Waals surface area contributed by atoms with Crippen LogP contribution in [-0.4, -0.2) is 24.3 Å². The van der Waals surface area contributed by atoms with E-state index in [0.717, 1.165) is 24.0 Å². The van der Waals surface area contributed by atoms with Crippen LogP contribution in [0.25, 0.3) is 0 Å². The molecular formula is C16H17ClN2O2S. The Hall–Kier alpha value is -1.43. The Labute approximate surface area is 135 Å². The van der Waals surface area contributed by atoms with Crippen molar-refractivity contribution < 1.29 is 8.42 Å². The monoisotopic (exact) mass is 336 g/mol. The van der Waals surface area contributed by atoms with Gasteiger partial charge in [-0.1, -0.05) is 35.4 Å². The zero-order valence-electron chi connectivity index (χ0n) is 12.2. The first-order valence-electron chi connectivity index (χ1n) is 7.18. The molecule has 0 bridgehead atoms. The van der Waals surface area contributed by atoms with Gasteiger partial charge in [-0.2, -0.15) is 4.31 Å². The number of sulfonamides is 1. The average Bonchev–Trinajstić information content (AvgIpc) is 2.99. The number of halogens is 1. The number of aromatic nitrogens is 1. The van der Waals surface area contributed by atoms with E-state index in [2.05, 4.69) is 4.98 Å². The van der Waals surface area contributed by atoms with Crippen LogP contribution in [0.1, 0.15) is 30.0 Å². The summed E-state index contributed by atoms with van der Waals surface area (Å²) in [6.45, 7) is 2.47.